The third kappa shape index (κ3) is 6.97. The van der Waals surface area contributed by atoms with Gasteiger partial charge in [0.05, 0.1) is 24.2 Å². The Morgan fingerprint density at radius 1 is 1.17 bits per heavy atom. The highest BCUT2D eigenvalue weighted by Gasteiger charge is 2.31. The SMILES string of the molecule is CCCOC(=O)CCCCCN1C(=O)/C(=C/c2ccc(C(=O)OC)cc2)SC1=S. The largest absolute Gasteiger partial charge is 0.466 e. The zero-order chi connectivity index (χ0) is 21.2. The van der Waals surface area contributed by atoms with E-state index in [-0.39, 0.29) is 11.9 Å². The molecule has 1 aromatic rings. The predicted molar refractivity (Wildman–Crippen MR) is 117 cm³/mol. The minimum Gasteiger partial charge on any atom is -0.466 e. The lowest BCUT2D eigenvalue weighted by molar-refractivity contribution is -0.143. The molecule has 156 valence electrons. The zero-order valence-electron chi connectivity index (χ0n) is 16.6. The maximum absolute atomic E-state index is 12.6. The molecule has 0 saturated carbocycles. The maximum atomic E-state index is 12.6. The van der Waals surface area contributed by atoms with Gasteiger partial charge in [0.25, 0.3) is 5.91 Å². The molecular formula is C21H25NO5S2. The lowest BCUT2D eigenvalue weighted by Crippen LogP contribution is -2.29. The van der Waals surface area contributed by atoms with Crippen LogP contribution >= 0.6 is 24.0 Å². The van der Waals surface area contributed by atoms with Gasteiger partial charge in [0, 0.05) is 13.0 Å². The van der Waals surface area contributed by atoms with E-state index in [0.29, 0.717) is 34.4 Å². The number of thioether (sulfide) groups is 1. The van der Waals surface area contributed by atoms with Gasteiger partial charge >= 0.3 is 11.9 Å². The van der Waals surface area contributed by atoms with Gasteiger partial charge in [-0.3, -0.25) is 14.5 Å². The monoisotopic (exact) mass is 435 g/mol. The molecule has 0 aromatic heterocycles. The maximum Gasteiger partial charge on any atom is 0.337 e. The number of methoxy groups -OCH3 is 1. The Labute approximate surface area is 180 Å². The van der Waals surface area contributed by atoms with Crippen molar-refractivity contribution in [2.45, 2.75) is 39.0 Å². The molecule has 1 aliphatic heterocycles. The Balaban J connectivity index is 1.83. The van der Waals surface area contributed by atoms with Gasteiger partial charge in [0.1, 0.15) is 4.32 Å². The Kier molecular flexibility index (Phi) is 9.34. The number of unbranched alkanes of at least 4 members (excludes halogenated alkanes) is 2. The normalized spacial score (nSPS) is 15.1. The van der Waals surface area contributed by atoms with Crippen LogP contribution in [-0.4, -0.2) is 47.3 Å². The molecule has 1 amide bonds. The number of nitrogens with zero attached hydrogens (tertiary/aromatic N) is 1. The summed E-state index contributed by atoms with van der Waals surface area (Å²) in [6.07, 6.45) is 5.33. The van der Waals surface area contributed by atoms with Gasteiger partial charge in [0.2, 0.25) is 0 Å². The minimum atomic E-state index is -0.401. The molecule has 0 atom stereocenters. The first-order valence-electron chi connectivity index (χ1n) is 9.55. The first-order chi connectivity index (χ1) is 14.0. The molecule has 0 unspecified atom stereocenters. The second kappa shape index (κ2) is 11.7. The molecule has 1 saturated heterocycles. The van der Waals surface area contributed by atoms with Crippen molar-refractivity contribution < 1.29 is 23.9 Å². The second-order valence-electron chi connectivity index (χ2n) is 6.48. The van der Waals surface area contributed by atoms with E-state index in [4.69, 9.17) is 17.0 Å². The summed E-state index contributed by atoms with van der Waals surface area (Å²) in [7, 11) is 1.33. The summed E-state index contributed by atoms with van der Waals surface area (Å²) in [5.41, 5.74) is 1.26. The smallest absolute Gasteiger partial charge is 0.337 e. The fourth-order valence-electron chi connectivity index (χ4n) is 2.68. The highest BCUT2D eigenvalue weighted by molar-refractivity contribution is 8.26. The third-order valence-electron chi connectivity index (χ3n) is 4.23. The van der Waals surface area contributed by atoms with Crippen molar-refractivity contribution in [3.63, 3.8) is 0 Å². The first-order valence-corrected chi connectivity index (χ1v) is 10.8. The van der Waals surface area contributed by atoms with Gasteiger partial charge in [-0.15, -0.1) is 0 Å². The molecule has 0 N–H and O–H groups in total. The van der Waals surface area contributed by atoms with Crippen LogP contribution in [0.1, 0.15) is 54.9 Å². The molecule has 0 bridgehead atoms. The number of thiocarbonyl (C=S) groups is 1. The van der Waals surface area contributed by atoms with Crippen LogP contribution in [0.25, 0.3) is 6.08 Å². The molecule has 29 heavy (non-hydrogen) atoms. The van der Waals surface area contributed by atoms with Crippen molar-refractivity contribution in [1.29, 1.82) is 0 Å². The van der Waals surface area contributed by atoms with Gasteiger partial charge in [0.15, 0.2) is 0 Å². The molecule has 1 fully saturated rings. The minimum absolute atomic E-state index is 0.112. The number of hydrogen-bond donors (Lipinski definition) is 0. The molecule has 6 nitrogen and oxygen atoms in total. The van der Waals surface area contributed by atoms with Crippen molar-refractivity contribution in [1.82, 2.24) is 4.90 Å². The van der Waals surface area contributed by atoms with Gasteiger partial charge in [-0.1, -0.05) is 49.5 Å². The molecule has 0 aliphatic carbocycles. The van der Waals surface area contributed by atoms with E-state index in [1.54, 1.807) is 35.2 Å². The average molecular weight is 436 g/mol. The van der Waals surface area contributed by atoms with Crippen molar-refractivity contribution in [3.8, 4) is 0 Å². The van der Waals surface area contributed by atoms with Gasteiger partial charge in [-0.2, -0.15) is 0 Å². The van der Waals surface area contributed by atoms with Crippen molar-refractivity contribution in [2.24, 2.45) is 0 Å². The Morgan fingerprint density at radius 3 is 2.55 bits per heavy atom. The summed E-state index contributed by atoms with van der Waals surface area (Å²) < 4.78 is 10.3. The predicted octanol–water partition coefficient (Wildman–Crippen LogP) is 4.19. The van der Waals surface area contributed by atoms with Crippen molar-refractivity contribution in [2.75, 3.05) is 20.3 Å². The number of ether oxygens (including phenoxy) is 2. The average Bonchev–Trinajstić information content (AvgIpc) is 2.99. The van der Waals surface area contributed by atoms with E-state index in [1.807, 2.05) is 6.92 Å². The molecule has 0 spiro atoms. The summed E-state index contributed by atoms with van der Waals surface area (Å²) in [6, 6.07) is 6.83. The van der Waals surface area contributed by atoms with Crippen LogP contribution < -0.4 is 0 Å². The number of hydrogen-bond acceptors (Lipinski definition) is 7. The summed E-state index contributed by atoms with van der Waals surface area (Å²) >= 11 is 6.61. The van der Waals surface area contributed by atoms with Crippen molar-refractivity contribution >= 4 is 52.2 Å². The lowest BCUT2D eigenvalue weighted by atomic mass is 10.1. The molecule has 0 radical (unpaired) electrons. The third-order valence-corrected chi connectivity index (χ3v) is 5.61. The molecular weight excluding hydrogens is 410 g/mol. The molecule has 2 rings (SSSR count). The highest BCUT2D eigenvalue weighted by Crippen LogP contribution is 2.32. The number of carbonyl (C=O) groups is 3. The molecule has 1 heterocycles. The van der Waals surface area contributed by atoms with E-state index in [9.17, 15) is 14.4 Å². The quantitative estimate of drug-likeness (QED) is 0.236. The summed E-state index contributed by atoms with van der Waals surface area (Å²) in [5.74, 6) is -0.681. The van der Waals surface area contributed by atoms with Crippen LogP contribution in [0.5, 0.6) is 0 Å². The molecule has 8 heteroatoms. The number of esters is 2. The van der Waals surface area contributed by atoms with E-state index >= 15 is 0 Å². The topological polar surface area (TPSA) is 72.9 Å². The van der Waals surface area contributed by atoms with E-state index in [1.165, 1.54) is 18.9 Å². The van der Waals surface area contributed by atoms with Crippen molar-refractivity contribution in [3.05, 3.63) is 40.3 Å². The Hall–Kier alpha value is -2.19. The first kappa shape index (κ1) is 23.1. The summed E-state index contributed by atoms with van der Waals surface area (Å²) in [5, 5.41) is 0. The van der Waals surface area contributed by atoms with Gasteiger partial charge in [-0.05, 0) is 43.0 Å². The summed E-state index contributed by atoms with van der Waals surface area (Å²) in [4.78, 5) is 37.8. The molecule has 1 aliphatic rings. The number of benzene rings is 1. The number of amides is 1. The van der Waals surface area contributed by atoms with Crippen LogP contribution in [0.3, 0.4) is 0 Å². The highest BCUT2D eigenvalue weighted by atomic mass is 32.2. The number of rotatable bonds is 10. The summed E-state index contributed by atoms with van der Waals surface area (Å²) in [6.45, 7) is 2.96. The zero-order valence-corrected chi connectivity index (χ0v) is 18.3. The van der Waals surface area contributed by atoms with Gasteiger partial charge in [-0.25, -0.2) is 4.79 Å². The van der Waals surface area contributed by atoms with Crippen LogP contribution in [-0.2, 0) is 19.1 Å². The van der Waals surface area contributed by atoms with Gasteiger partial charge < -0.3 is 9.47 Å². The Morgan fingerprint density at radius 2 is 1.90 bits per heavy atom. The lowest BCUT2D eigenvalue weighted by Gasteiger charge is -2.14. The van der Waals surface area contributed by atoms with Crippen LogP contribution in [0.2, 0.25) is 0 Å². The Bertz CT molecular complexity index is 789. The fourth-order valence-corrected chi connectivity index (χ4v) is 3.99. The van der Waals surface area contributed by atoms with Crippen LogP contribution in [0.15, 0.2) is 29.2 Å². The fraction of sp³-hybridized carbons (Fsp3) is 0.429. The molecule has 1 aromatic carbocycles. The second-order valence-corrected chi connectivity index (χ2v) is 8.15. The van der Waals surface area contributed by atoms with E-state index in [0.717, 1.165) is 31.2 Å². The number of carbonyl (C=O) groups excluding carboxylic acids is 3. The standard InChI is InChI=1S/C21H25NO5S2/c1-3-13-27-18(23)7-5-4-6-12-22-19(24)17(29-21(22)28)14-15-8-10-16(11-9-15)20(25)26-2/h8-11,14H,3-7,12-13H2,1-2H3/b17-14-. The van der Waals surface area contributed by atoms with Crippen LogP contribution in [0.4, 0.5) is 0 Å². The van der Waals surface area contributed by atoms with Crippen LogP contribution in [0, 0.1) is 0 Å². The van der Waals surface area contributed by atoms with E-state index in [2.05, 4.69) is 4.74 Å². The van der Waals surface area contributed by atoms with E-state index < -0.39 is 5.97 Å².